The number of hydrogen-bond donors (Lipinski definition) is 3. The summed E-state index contributed by atoms with van der Waals surface area (Å²) in [6.07, 6.45) is 1.28. The Morgan fingerprint density at radius 2 is 1.92 bits per heavy atom. The summed E-state index contributed by atoms with van der Waals surface area (Å²) < 4.78 is 26.2. The largest absolute Gasteiger partial charge is 0.508 e. The van der Waals surface area contributed by atoms with Crippen molar-refractivity contribution in [3.63, 3.8) is 0 Å². The van der Waals surface area contributed by atoms with Crippen LogP contribution in [0.3, 0.4) is 0 Å². The smallest absolute Gasteiger partial charge is 0.215 e. The fourth-order valence-electron chi connectivity index (χ4n) is 3.09. The van der Waals surface area contributed by atoms with Gasteiger partial charge in [-0.2, -0.15) is 0 Å². The Balaban J connectivity index is 1.99. The van der Waals surface area contributed by atoms with E-state index in [1.54, 1.807) is 6.07 Å². The first kappa shape index (κ1) is 20.7. The molecule has 1 aromatic rings. The Bertz CT molecular complexity index is 692. The lowest BCUT2D eigenvalue weighted by Gasteiger charge is -2.34. The summed E-state index contributed by atoms with van der Waals surface area (Å²) in [7, 11) is -3.25. The van der Waals surface area contributed by atoms with Crippen molar-refractivity contribution in [3.05, 3.63) is 27.7 Å². The lowest BCUT2D eigenvalue weighted by atomic mass is 9.86. The van der Waals surface area contributed by atoms with E-state index in [0.29, 0.717) is 43.1 Å². The maximum absolute atomic E-state index is 12.3. The topological polar surface area (TPSA) is 95.7 Å². The van der Waals surface area contributed by atoms with Gasteiger partial charge in [0.1, 0.15) is 5.75 Å². The second kappa shape index (κ2) is 8.88. The van der Waals surface area contributed by atoms with Gasteiger partial charge in [0, 0.05) is 37.3 Å². The number of hydrogen-bond acceptors (Lipinski definition) is 5. The molecule has 142 valence electrons. The molecule has 0 amide bonds. The van der Waals surface area contributed by atoms with Gasteiger partial charge < -0.3 is 16.2 Å². The van der Waals surface area contributed by atoms with Gasteiger partial charge in [0.25, 0.3) is 0 Å². The highest BCUT2D eigenvalue weighted by Crippen LogP contribution is 2.38. The number of aromatic hydroxyl groups is 1. The summed E-state index contributed by atoms with van der Waals surface area (Å²) in [6.45, 7) is 4.02. The van der Waals surface area contributed by atoms with Gasteiger partial charge in [-0.25, -0.2) is 12.7 Å². The highest BCUT2D eigenvalue weighted by Gasteiger charge is 2.31. The molecule has 0 saturated carbocycles. The summed E-state index contributed by atoms with van der Waals surface area (Å²) in [6, 6.07) is 2.56. The van der Waals surface area contributed by atoms with Gasteiger partial charge in [0.2, 0.25) is 10.0 Å². The average Bonchev–Trinajstić information content (AvgIpc) is 2.58. The van der Waals surface area contributed by atoms with E-state index in [-0.39, 0.29) is 22.4 Å². The van der Waals surface area contributed by atoms with Crippen molar-refractivity contribution >= 4 is 33.2 Å². The third kappa shape index (κ3) is 5.21. The van der Waals surface area contributed by atoms with E-state index in [2.05, 4.69) is 5.32 Å². The number of sulfonamides is 1. The molecule has 0 radical (unpaired) electrons. The number of phenols is 1. The monoisotopic (exact) mass is 409 g/mol. The van der Waals surface area contributed by atoms with Crippen LogP contribution >= 0.6 is 23.2 Å². The normalized spacial score (nSPS) is 18.4. The third-order valence-electron chi connectivity index (χ3n) is 4.62. The molecule has 1 unspecified atom stereocenters. The molecule has 0 aromatic heterocycles. The number of phenolic OH excluding ortho intramolecular Hbond substituents is 1. The summed E-state index contributed by atoms with van der Waals surface area (Å²) in [5.74, 6) is 0.191. The first-order valence-electron chi connectivity index (χ1n) is 8.38. The van der Waals surface area contributed by atoms with Crippen LogP contribution in [0.2, 0.25) is 10.0 Å². The molecule has 1 aromatic carbocycles. The maximum atomic E-state index is 12.3. The fraction of sp³-hybridized carbons (Fsp3) is 0.625. The van der Waals surface area contributed by atoms with Crippen molar-refractivity contribution in [1.82, 2.24) is 9.62 Å². The minimum atomic E-state index is -3.25. The van der Waals surface area contributed by atoms with E-state index in [1.807, 2.05) is 6.92 Å². The quantitative estimate of drug-likeness (QED) is 0.600. The van der Waals surface area contributed by atoms with Crippen LogP contribution < -0.4 is 11.1 Å². The van der Waals surface area contributed by atoms with Gasteiger partial charge >= 0.3 is 0 Å². The van der Waals surface area contributed by atoms with E-state index >= 15 is 0 Å². The molecule has 2 rings (SSSR count). The van der Waals surface area contributed by atoms with Gasteiger partial charge in [0.15, 0.2) is 0 Å². The lowest BCUT2D eigenvalue weighted by Crippen LogP contribution is -2.43. The van der Waals surface area contributed by atoms with Crippen LogP contribution in [0.5, 0.6) is 5.75 Å². The van der Waals surface area contributed by atoms with Crippen molar-refractivity contribution in [2.45, 2.75) is 25.8 Å². The van der Waals surface area contributed by atoms with E-state index in [1.165, 1.54) is 10.4 Å². The molecule has 0 bridgehead atoms. The number of nitrogens with two attached hydrogens (primary N) is 1. The second-order valence-electron chi connectivity index (χ2n) is 6.26. The summed E-state index contributed by atoms with van der Waals surface area (Å²) in [5.41, 5.74) is 6.85. The first-order valence-corrected chi connectivity index (χ1v) is 10.7. The molecule has 9 heteroatoms. The zero-order valence-electron chi connectivity index (χ0n) is 14.2. The minimum absolute atomic E-state index is 0.0163. The van der Waals surface area contributed by atoms with Crippen molar-refractivity contribution in [2.24, 2.45) is 11.7 Å². The van der Waals surface area contributed by atoms with Crippen LogP contribution in [0.25, 0.3) is 0 Å². The van der Waals surface area contributed by atoms with Gasteiger partial charge in [-0.3, -0.25) is 0 Å². The predicted molar refractivity (Wildman–Crippen MR) is 102 cm³/mol. The van der Waals surface area contributed by atoms with E-state index in [0.717, 1.165) is 6.54 Å². The number of benzene rings is 1. The van der Waals surface area contributed by atoms with Gasteiger partial charge in [-0.15, -0.1) is 0 Å². The molecule has 25 heavy (non-hydrogen) atoms. The van der Waals surface area contributed by atoms with E-state index in [9.17, 15) is 13.5 Å². The molecule has 0 aliphatic carbocycles. The molecular weight excluding hydrogens is 385 g/mol. The zero-order chi connectivity index (χ0) is 18.6. The Hall–Kier alpha value is -0.570. The highest BCUT2D eigenvalue weighted by molar-refractivity contribution is 7.89. The average molecular weight is 410 g/mol. The molecule has 1 fully saturated rings. The molecule has 1 heterocycles. The standard InChI is InChI=1S/C16H25Cl2N3O3S/c1-2-20-5-8-25(23,24)21-6-3-11(4-7-21)16(19)12-9-13(17)14(18)10-15(12)22/h9-11,16,20,22H,2-8,19H2,1H3. The zero-order valence-corrected chi connectivity index (χ0v) is 16.5. The van der Waals surface area contributed by atoms with Crippen LogP contribution in [0.4, 0.5) is 0 Å². The fourth-order valence-corrected chi connectivity index (χ4v) is 4.85. The Morgan fingerprint density at radius 1 is 1.32 bits per heavy atom. The van der Waals surface area contributed by atoms with Gasteiger partial charge in [-0.1, -0.05) is 30.1 Å². The minimum Gasteiger partial charge on any atom is -0.508 e. The van der Waals surface area contributed by atoms with Crippen molar-refractivity contribution in [3.8, 4) is 5.75 Å². The molecule has 1 aliphatic rings. The van der Waals surface area contributed by atoms with Gasteiger partial charge in [0.05, 0.1) is 15.8 Å². The van der Waals surface area contributed by atoms with Crippen molar-refractivity contribution < 1.29 is 13.5 Å². The number of nitrogens with one attached hydrogen (secondary N) is 1. The number of nitrogens with zero attached hydrogens (tertiary/aromatic N) is 1. The van der Waals surface area contributed by atoms with Crippen LogP contribution in [-0.4, -0.2) is 49.8 Å². The number of rotatable bonds is 7. The number of halogens is 2. The number of piperidine rings is 1. The summed E-state index contributed by atoms with van der Waals surface area (Å²) in [4.78, 5) is 0. The first-order chi connectivity index (χ1) is 11.8. The Morgan fingerprint density at radius 3 is 2.52 bits per heavy atom. The van der Waals surface area contributed by atoms with Crippen LogP contribution in [0, 0.1) is 5.92 Å². The van der Waals surface area contributed by atoms with E-state index < -0.39 is 16.1 Å². The second-order valence-corrected chi connectivity index (χ2v) is 9.16. The van der Waals surface area contributed by atoms with Crippen LogP contribution in [-0.2, 0) is 10.0 Å². The Kier molecular flexibility index (Phi) is 7.37. The molecule has 1 saturated heterocycles. The Labute approximate surface area is 159 Å². The lowest BCUT2D eigenvalue weighted by molar-refractivity contribution is 0.243. The van der Waals surface area contributed by atoms with Crippen molar-refractivity contribution in [1.29, 1.82) is 0 Å². The predicted octanol–water partition coefficient (Wildman–Crippen LogP) is 2.35. The summed E-state index contributed by atoms with van der Waals surface area (Å²) in [5, 5.41) is 13.7. The van der Waals surface area contributed by atoms with Crippen molar-refractivity contribution in [2.75, 3.05) is 31.9 Å². The van der Waals surface area contributed by atoms with Gasteiger partial charge in [-0.05, 0) is 31.4 Å². The van der Waals surface area contributed by atoms with E-state index in [4.69, 9.17) is 28.9 Å². The highest BCUT2D eigenvalue weighted by atomic mass is 35.5. The van der Waals surface area contributed by atoms with Crippen LogP contribution in [0.15, 0.2) is 12.1 Å². The SMILES string of the molecule is CCNCCS(=O)(=O)N1CCC(C(N)c2cc(Cl)c(Cl)cc2O)CC1. The maximum Gasteiger partial charge on any atom is 0.215 e. The molecule has 6 nitrogen and oxygen atoms in total. The van der Waals surface area contributed by atoms with Crippen LogP contribution in [0.1, 0.15) is 31.4 Å². The summed E-state index contributed by atoms with van der Waals surface area (Å²) >= 11 is 11.9. The third-order valence-corrected chi connectivity index (χ3v) is 7.21. The molecule has 4 N–H and O–H groups in total. The molecular formula is C16H25Cl2N3O3S. The molecule has 1 atom stereocenters. The molecule has 1 aliphatic heterocycles. The molecule has 0 spiro atoms.